The minimum atomic E-state index is -1.16. The number of nitrogens with two attached hydrogens (primary N) is 1. The lowest BCUT2D eigenvalue weighted by Crippen LogP contribution is -2.55. The number of nitrogens with one attached hydrogen (secondary N) is 2. The molecule has 0 aliphatic rings. The highest BCUT2D eigenvalue weighted by Crippen LogP contribution is 2.28. The minimum Gasteiger partial charge on any atom is -0.444 e. The van der Waals surface area contributed by atoms with Crippen LogP contribution in [0.1, 0.15) is 91.3 Å². The van der Waals surface area contributed by atoms with Crippen LogP contribution in [0.5, 0.6) is 0 Å². The van der Waals surface area contributed by atoms with Gasteiger partial charge in [0.2, 0.25) is 17.7 Å². The first-order valence-corrected chi connectivity index (χ1v) is 12.7. The SMILES string of the molecule is C#Cc1ccccc1C(C(=O)NC(C)CCC)N(C(=O)C(CCC(N)=O)NC(=O)OC(C)(C)C)C(C)C. The Balaban J connectivity index is 3.56. The van der Waals surface area contributed by atoms with E-state index in [9.17, 15) is 19.2 Å². The molecule has 1 aromatic rings. The highest BCUT2D eigenvalue weighted by atomic mass is 16.6. The first-order chi connectivity index (χ1) is 17.2. The summed E-state index contributed by atoms with van der Waals surface area (Å²) in [5.41, 5.74) is 5.49. The summed E-state index contributed by atoms with van der Waals surface area (Å²) in [7, 11) is 0. The molecule has 9 heteroatoms. The molecule has 4 N–H and O–H groups in total. The van der Waals surface area contributed by atoms with Crippen molar-refractivity contribution in [1.29, 1.82) is 0 Å². The van der Waals surface area contributed by atoms with Gasteiger partial charge in [-0.25, -0.2) is 4.79 Å². The monoisotopic (exact) mass is 514 g/mol. The summed E-state index contributed by atoms with van der Waals surface area (Å²) in [4.78, 5) is 53.2. The average molecular weight is 515 g/mol. The van der Waals surface area contributed by atoms with E-state index in [1.165, 1.54) is 4.90 Å². The van der Waals surface area contributed by atoms with E-state index in [0.29, 0.717) is 11.1 Å². The van der Waals surface area contributed by atoms with Crippen molar-refractivity contribution in [2.75, 3.05) is 0 Å². The molecule has 1 aromatic carbocycles. The van der Waals surface area contributed by atoms with Crippen LogP contribution in [0.4, 0.5) is 4.79 Å². The van der Waals surface area contributed by atoms with Gasteiger partial charge in [-0.05, 0) is 66.0 Å². The van der Waals surface area contributed by atoms with Gasteiger partial charge in [0, 0.05) is 24.1 Å². The molecule has 0 aromatic heterocycles. The van der Waals surface area contributed by atoms with Crippen molar-refractivity contribution in [3.05, 3.63) is 35.4 Å². The van der Waals surface area contributed by atoms with E-state index < -0.39 is 47.5 Å². The highest BCUT2D eigenvalue weighted by Gasteiger charge is 2.39. The smallest absolute Gasteiger partial charge is 0.408 e. The number of terminal acetylenes is 1. The van der Waals surface area contributed by atoms with Crippen LogP contribution in [0.25, 0.3) is 0 Å². The maximum Gasteiger partial charge on any atom is 0.408 e. The summed E-state index contributed by atoms with van der Waals surface area (Å²) in [5, 5.41) is 5.56. The number of amides is 4. The van der Waals surface area contributed by atoms with Crippen LogP contribution < -0.4 is 16.4 Å². The van der Waals surface area contributed by atoms with Gasteiger partial charge in [-0.15, -0.1) is 6.42 Å². The maximum absolute atomic E-state index is 14.0. The molecule has 0 heterocycles. The number of alkyl carbamates (subject to hydrolysis) is 1. The van der Waals surface area contributed by atoms with E-state index in [2.05, 4.69) is 16.6 Å². The van der Waals surface area contributed by atoms with Gasteiger partial charge in [0.25, 0.3) is 0 Å². The second-order valence-corrected chi connectivity index (χ2v) is 10.4. The highest BCUT2D eigenvalue weighted by molar-refractivity contribution is 5.93. The molecule has 3 unspecified atom stereocenters. The van der Waals surface area contributed by atoms with E-state index in [1.807, 2.05) is 13.8 Å². The van der Waals surface area contributed by atoms with Crippen molar-refractivity contribution in [2.24, 2.45) is 5.73 Å². The third-order valence-electron chi connectivity index (χ3n) is 5.53. The van der Waals surface area contributed by atoms with E-state index in [4.69, 9.17) is 16.9 Å². The third kappa shape index (κ3) is 10.2. The summed E-state index contributed by atoms with van der Waals surface area (Å²) < 4.78 is 5.33. The Labute approximate surface area is 220 Å². The van der Waals surface area contributed by atoms with Crippen LogP contribution in [0.15, 0.2) is 24.3 Å². The number of ether oxygens (including phenoxy) is 1. The van der Waals surface area contributed by atoms with Gasteiger partial charge < -0.3 is 26.0 Å². The number of carbonyl (C=O) groups is 4. The Morgan fingerprint density at radius 1 is 1.08 bits per heavy atom. The van der Waals surface area contributed by atoms with Gasteiger partial charge in [-0.3, -0.25) is 14.4 Å². The number of primary amides is 1. The molecular weight excluding hydrogens is 472 g/mol. The van der Waals surface area contributed by atoms with Gasteiger partial charge in [-0.1, -0.05) is 37.5 Å². The quantitative estimate of drug-likeness (QED) is 0.368. The van der Waals surface area contributed by atoms with Crippen LogP contribution >= 0.6 is 0 Å². The van der Waals surface area contributed by atoms with Gasteiger partial charge in [0.05, 0.1) is 0 Å². The molecule has 0 saturated carbocycles. The number of nitrogens with zero attached hydrogens (tertiary/aromatic N) is 1. The van der Waals surface area contributed by atoms with Crippen LogP contribution in [0.3, 0.4) is 0 Å². The predicted octanol–water partition coefficient (Wildman–Crippen LogP) is 3.41. The lowest BCUT2D eigenvalue weighted by Gasteiger charge is -2.38. The zero-order valence-corrected chi connectivity index (χ0v) is 23.1. The molecule has 0 bridgehead atoms. The van der Waals surface area contributed by atoms with Gasteiger partial charge in [0.1, 0.15) is 17.7 Å². The molecule has 1 rings (SSSR count). The van der Waals surface area contributed by atoms with Crippen molar-refractivity contribution in [3.8, 4) is 12.3 Å². The van der Waals surface area contributed by atoms with Crippen LogP contribution in [0, 0.1) is 12.3 Å². The Hall–Kier alpha value is -3.54. The minimum absolute atomic E-state index is 0.0615. The van der Waals surface area contributed by atoms with E-state index in [1.54, 1.807) is 58.9 Å². The molecular formula is C28H42N4O5. The number of hydrogen-bond acceptors (Lipinski definition) is 5. The molecule has 3 atom stereocenters. The van der Waals surface area contributed by atoms with E-state index in [0.717, 1.165) is 12.8 Å². The average Bonchev–Trinajstić information content (AvgIpc) is 2.78. The molecule has 37 heavy (non-hydrogen) atoms. The third-order valence-corrected chi connectivity index (χ3v) is 5.53. The van der Waals surface area contributed by atoms with Gasteiger partial charge in [-0.2, -0.15) is 0 Å². The van der Waals surface area contributed by atoms with Gasteiger partial charge in [0.15, 0.2) is 0 Å². The van der Waals surface area contributed by atoms with Gasteiger partial charge >= 0.3 is 6.09 Å². The van der Waals surface area contributed by atoms with E-state index >= 15 is 0 Å². The molecule has 0 aliphatic heterocycles. The predicted molar refractivity (Wildman–Crippen MR) is 143 cm³/mol. The first-order valence-electron chi connectivity index (χ1n) is 12.7. The number of hydrogen-bond donors (Lipinski definition) is 3. The summed E-state index contributed by atoms with van der Waals surface area (Å²) >= 11 is 0. The second kappa shape index (κ2) is 14.3. The lowest BCUT2D eigenvalue weighted by atomic mass is 9.95. The number of rotatable bonds is 12. The fourth-order valence-electron chi connectivity index (χ4n) is 3.96. The summed E-state index contributed by atoms with van der Waals surface area (Å²) in [6.07, 6.45) is 6.34. The normalized spacial score (nSPS) is 13.6. The fourth-order valence-corrected chi connectivity index (χ4v) is 3.96. The van der Waals surface area contributed by atoms with Crippen LogP contribution in [-0.4, -0.2) is 52.4 Å². The summed E-state index contributed by atoms with van der Waals surface area (Å²) in [6.45, 7) is 12.5. The molecule has 204 valence electrons. The van der Waals surface area contributed by atoms with Crippen LogP contribution in [-0.2, 0) is 19.1 Å². The Bertz CT molecular complexity index is 993. The molecule has 0 spiro atoms. The van der Waals surface area contributed by atoms with Crippen molar-refractivity contribution in [3.63, 3.8) is 0 Å². The number of benzene rings is 1. The van der Waals surface area contributed by atoms with Crippen molar-refractivity contribution in [2.45, 2.75) is 104 Å². The molecule has 0 aliphatic carbocycles. The molecule has 0 radical (unpaired) electrons. The molecule has 9 nitrogen and oxygen atoms in total. The lowest BCUT2D eigenvalue weighted by molar-refractivity contribution is -0.145. The largest absolute Gasteiger partial charge is 0.444 e. The Morgan fingerprint density at radius 3 is 2.22 bits per heavy atom. The molecule has 0 saturated heterocycles. The summed E-state index contributed by atoms with van der Waals surface area (Å²) in [6, 6.07) is 4.10. The molecule has 4 amide bonds. The van der Waals surface area contributed by atoms with Crippen molar-refractivity contribution < 1.29 is 23.9 Å². The summed E-state index contributed by atoms with van der Waals surface area (Å²) in [5.74, 6) is 1.03. The van der Waals surface area contributed by atoms with Crippen molar-refractivity contribution in [1.82, 2.24) is 15.5 Å². The van der Waals surface area contributed by atoms with E-state index in [-0.39, 0.29) is 18.9 Å². The first kappa shape index (κ1) is 31.5. The topological polar surface area (TPSA) is 131 Å². The maximum atomic E-state index is 14.0. The zero-order chi connectivity index (χ0) is 28.3. The van der Waals surface area contributed by atoms with Crippen molar-refractivity contribution >= 4 is 23.8 Å². The number of carbonyl (C=O) groups excluding carboxylic acids is 4. The molecule has 0 fully saturated rings. The fraction of sp³-hybridized carbons (Fsp3) is 0.571. The standard InChI is InChI=1S/C28H42N4O5/c1-9-13-19(5)30-25(34)24(21-15-12-11-14-20(21)10-2)32(18(3)4)26(35)22(16-17-23(29)33)31-27(36)37-28(6,7)8/h2,11-12,14-15,18-19,22,24H,9,13,16-17H2,1,3-8H3,(H2,29,33)(H,30,34)(H,31,36). The second-order valence-electron chi connectivity index (χ2n) is 10.4. The Morgan fingerprint density at radius 2 is 1.70 bits per heavy atom. The zero-order valence-electron chi connectivity index (χ0n) is 23.1. The Kier molecular flexibility index (Phi) is 12.1. The van der Waals surface area contributed by atoms with Crippen LogP contribution in [0.2, 0.25) is 0 Å².